The van der Waals surface area contributed by atoms with Crippen LogP contribution in [0, 0.1) is 11.8 Å². The highest BCUT2D eigenvalue weighted by Gasteiger charge is 2.39. The number of piperidine rings is 1. The minimum Gasteiger partial charge on any atom is -0.378 e. The molecule has 1 aliphatic carbocycles. The first-order valence-corrected chi connectivity index (χ1v) is 7.87. The molecule has 19 heavy (non-hydrogen) atoms. The number of amides is 1. The van der Waals surface area contributed by atoms with E-state index in [9.17, 15) is 4.79 Å². The van der Waals surface area contributed by atoms with Crippen molar-refractivity contribution < 1.29 is 9.53 Å². The Kier molecular flexibility index (Phi) is 4.08. The van der Waals surface area contributed by atoms with Gasteiger partial charge in [-0.1, -0.05) is 0 Å². The SMILES string of the molecule is CC1CC(C(=O)N(CC2CCNCC2)C2CC2)CO1. The van der Waals surface area contributed by atoms with Gasteiger partial charge in [0.15, 0.2) is 0 Å². The fraction of sp³-hybridized carbons (Fsp3) is 0.933. The van der Waals surface area contributed by atoms with Gasteiger partial charge in [0, 0.05) is 12.6 Å². The van der Waals surface area contributed by atoms with Crippen molar-refractivity contribution in [2.45, 2.75) is 51.2 Å². The normalized spacial score (nSPS) is 32.5. The largest absolute Gasteiger partial charge is 0.378 e. The van der Waals surface area contributed by atoms with Gasteiger partial charge in [-0.15, -0.1) is 0 Å². The highest BCUT2D eigenvalue weighted by atomic mass is 16.5. The molecule has 3 rings (SSSR count). The molecule has 2 aliphatic heterocycles. The van der Waals surface area contributed by atoms with Crippen LogP contribution in [0.1, 0.15) is 39.0 Å². The minimum absolute atomic E-state index is 0.123. The molecule has 1 N–H and O–H groups in total. The minimum atomic E-state index is 0.123. The summed E-state index contributed by atoms with van der Waals surface area (Å²) in [4.78, 5) is 14.9. The Balaban J connectivity index is 1.58. The first kappa shape index (κ1) is 13.4. The van der Waals surface area contributed by atoms with Crippen LogP contribution >= 0.6 is 0 Å². The maximum Gasteiger partial charge on any atom is 0.228 e. The van der Waals surface area contributed by atoms with Crippen molar-refractivity contribution in [3.05, 3.63) is 0 Å². The average Bonchev–Trinajstić information content (AvgIpc) is 3.18. The van der Waals surface area contributed by atoms with E-state index in [0.29, 0.717) is 24.5 Å². The van der Waals surface area contributed by atoms with Crippen molar-refractivity contribution in [2.75, 3.05) is 26.2 Å². The summed E-state index contributed by atoms with van der Waals surface area (Å²) in [5.41, 5.74) is 0. The smallest absolute Gasteiger partial charge is 0.228 e. The Labute approximate surface area is 115 Å². The van der Waals surface area contributed by atoms with Gasteiger partial charge in [0.05, 0.1) is 18.6 Å². The van der Waals surface area contributed by atoms with E-state index in [1.54, 1.807) is 0 Å². The van der Waals surface area contributed by atoms with Gasteiger partial charge in [0.25, 0.3) is 0 Å². The van der Waals surface area contributed by atoms with Crippen molar-refractivity contribution in [2.24, 2.45) is 11.8 Å². The molecule has 0 bridgehead atoms. The molecule has 0 aromatic carbocycles. The molecule has 4 nitrogen and oxygen atoms in total. The summed E-state index contributed by atoms with van der Waals surface area (Å²) >= 11 is 0. The molecular weight excluding hydrogens is 240 g/mol. The summed E-state index contributed by atoms with van der Waals surface area (Å²) in [6.45, 7) is 5.91. The Morgan fingerprint density at radius 1 is 1.26 bits per heavy atom. The molecule has 2 saturated heterocycles. The van der Waals surface area contributed by atoms with Crippen molar-refractivity contribution >= 4 is 5.91 Å². The molecule has 1 amide bonds. The molecule has 0 radical (unpaired) electrons. The average molecular weight is 266 g/mol. The number of carbonyl (C=O) groups excluding carboxylic acids is 1. The Morgan fingerprint density at radius 3 is 2.58 bits per heavy atom. The second kappa shape index (κ2) is 5.80. The van der Waals surface area contributed by atoms with Crippen LogP contribution in [0.4, 0.5) is 0 Å². The molecule has 2 atom stereocenters. The van der Waals surface area contributed by atoms with E-state index >= 15 is 0 Å². The standard InChI is InChI=1S/C15H26N2O2/c1-11-8-13(10-19-11)15(18)17(14-2-3-14)9-12-4-6-16-7-5-12/h11-14,16H,2-10H2,1H3. The van der Waals surface area contributed by atoms with Crippen molar-refractivity contribution in [1.29, 1.82) is 0 Å². The highest BCUT2D eigenvalue weighted by molar-refractivity contribution is 5.80. The molecule has 0 aromatic rings. The van der Waals surface area contributed by atoms with Crippen LogP contribution in [0.5, 0.6) is 0 Å². The van der Waals surface area contributed by atoms with Gasteiger partial charge >= 0.3 is 0 Å². The molecule has 3 aliphatic rings. The number of carbonyl (C=O) groups is 1. The fourth-order valence-electron chi connectivity index (χ4n) is 3.37. The summed E-state index contributed by atoms with van der Waals surface area (Å²) in [5, 5.41) is 3.40. The second-order valence-corrected chi connectivity index (χ2v) is 6.49. The molecule has 0 spiro atoms. The van der Waals surface area contributed by atoms with E-state index in [4.69, 9.17) is 4.74 Å². The van der Waals surface area contributed by atoms with E-state index < -0.39 is 0 Å². The summed E-state index contributed by atoms with van der Waals surface area (Å²) in [7, 11) is 0. The van der Waals surface area contributed by atoms with E-state index in [2.05, 4.69) is 17.1 Å². The number of hydrogen-bond acceptors (Lipinski definition) is 3. The quantitative estimate of drug-likeness (QED) is 0.836. The lowest BCUT2D eigenvalue weighted by molar-refractivity contribution is -0.136. The van der Waals surface area contributed by atoms with Gasteiger partial charge in [-0.2, -0.15) is 0 Å². The second-order valence-electron chi connectivity index (χ2n) is 6.49. The highest BCUT2D eigenvalue weighted by Crippen LogP contribution is 2.32. The van der Waals surface area contributed by atoms with E-state index in [1.807, 2.05) is 0 Å². The van der Waals surface area contributed by atoms with E-state index in [-0.39, 0.29) is 12.0 Å². The molecule has 4 heteroatoms. The third-order valence-corrected chi connectivity index (χ3v) is 4.73. The van der Waals surface area contributed by atoms with Crippen molar-refractivity contribution in [3.63, 3.8) is 0 Å². The van der Waals surface area contributed by atoms with Crippen molar-refractivity contribution in [1.82, 2.24) is 10.2 Å². The zero-order valence-electron chi connectivity index (χ0n) is 11.9. The molecule has 3 fully saturated rings. The maximum absolute atomic E-state index is 12.7. The lowest BCUT2D eigenvalue weighted by atomic mass is 9.96. The zero-order chi connectivity index (χ0) is 13.2. The first-order chi connectivity index (χ1) is 9.24. The van der Waals surface area contributed by atoms with Crippen LogP contribution in [0.2, 0.25) is 0 Å². The van der Waals surface area contributed by atoms with Crippen LogP contribution in [-0.2, 0) is 9.53 Å². The number of hydrogen-bond donors (Lipinski definition) is 1. The lowest BCUT2D eigenvalue weighted by Crippen LogP contribution is -2.43. The molecule has 108 valence electrons. The van der Waals surface area contributed by atoms with Gasteiger partial charge in [-0.3, -0.25) is 4.79 Å². The van der Waals surface area contributed by atoms with Gasteiger partial charge in [0.2, 0.25) is 5.91 Å². The number of nitrogens with one attached hydrogen (secondary N) is 1. The van der Waals surface area contributed by atoms with E-state index in [0.717, 1.165) is 26.1 Å². The predicted octanol–water partition coefficient (Wildman–Crippen LogP) is 1.40. The number of ether oxygens (including phenoxy) is 1. The third-order valence-electron chi connectivity index (χ3n) is 4.73. The van der Waals surface area contributed by atoms with Gasteiger partial charge in [-0.25, -0.2) is 0 Å². The van der Waals surface area contributed by atoms with E-state index in [1.165, 1.54) is 25.7 Å². The van der Waals surface area contributed by atoms with Gasteiger partial charge in [0.1, 0.15) is 0 Å². The van der Waals surface area contributed by atoms with Crippen LogP contribution in [0.3, 0.4) is 0 Å². The predicted molar refractivity (Wildman–Crippen MR) is 73.8 cm³/mol. The Bertz CT molecular complexity index is 324. The van der Waals surface area contributed by atoms with Crippen LogP contribution in [0.25, 0.3) is 0 Å². The fourth-order valence-corrected chi connectivity index (χ4v) is 3.37. The third kappa shape index (κ3) is 3.29. The molecular formula is C15H26N2O2. The van der Waals surface area contributed by atoms with Crippen LogP contribution < -0.4 is 5.32 Å². The number of nitrogens with zero attached hydrogens (tertiary/aromatic N) is 1. The topological polar surface area (TPSA) is 41.6 Å². The summed E-state index contributed by atoms with van der Waals surface area (Å²) in [6, 6.07) is 0.540. The van der Waals surface area contributed by atoms with Gasteiger partial charge < -0.3 is 15.0 Å². The Morgan fingerprint density at radius 2 is 2.00 bits per heavy atom. The molecule has 2 heterocycles. The molecule has 1 saturated carbocycles. The molecule has 2 unspecified atom stereocenters. The zero-order valence-corrected chi connectivity index (χ0v) is 11.9. The summed E-state index contributed by atoms with van der Waals surface area (Å²) in [6.07, 6.45) is 6.02. The monoisotopic (exact) mass is 266 g/mol. The molecule has 0 aromatic heterocycles. The summed E-state index contributed by atoms with van der Waals surface area (Å²) < 4.78 is 5.57. The first-order valence-electron chi connectivity index (χ1n) is 7.87. The summed E-state index contributed by atoms with van der Waals surface area (Å²) in [5.74, 6) is 1.19. The Hall–Kier alpha value is -0.610. The number of rotatable bonds is 4. The van der Waals surface area contributed by atoms with Crippen LogP contribution in [0.15, 0.2) is 0 Å². The van der Waals surface area contributed by atoms with Crippen molar-refractivity contribution in [3.8, 4) is 0 Å². The lowest BCUT2D eigenvalue weighted by Gasteiger charge is -2.31. The van der Waals surface area contributed by atoms with Crippen LogP contribution in [-0.4, -0.2) is 49.2 Å². The van der Waals surface area contributed by atoms with Gasteiger partial charge in [-0.05, 0) is 58.0 Å². The maximum atomic E-state index is 12.7.